The number of ether oxygens (including phenoxy) is 1. The second-order valence-corrected chi connectivity index (χ2v) is 7.64. The smallest absolute Gasteiger partial charge is 0.306 e. The molecule has 0 bridgehead atoms. The molecule has 122 valence electrons. The fourth-order valence-electron chi connectivity index (χ4n) is 2.25. The molecular weight excluding hydrogens is 306 g/mol. The Kier molecular flexibility index (Phi) is 4.77. The van der Waals surface area contributed by atoms with Crippen molar-refractivity contribution < 1.29 is 23.1 Å². The summed E-state index contributed by atoms with van der Waals surface area (Å²) in [6, 6.07) is 4.99. The fourth-order valence-corrected chi connectivity index (χ4v) is 3.56. The number of carbonyl (C=O) groups is 1. The van der Waals surface area contributed by atoms with Crippen LogP contribution in [0.3, 0.4) is 0 Å². The Morgan fingerprint density at radius 3 is 2.68 bits per heavy atom. The molecule has 0 radical (unpaired) electrons. The highest BCUT2D eigenvalue weighted by atomic mass is 32.2. The lowest BCUT2D eigenvalue weighted by Gasteiger charge is -2.15. The third-order valence-electron chi connectivity index (χ3n) is 3.53. The molecule has 0 amide bonds. The van der Waals surface area contributed by atoms with Crippen molar-refractivity contribution in [3.63, 3.8) is 0 Å². The van der Waals surface area contributed by atoms with E-state index in [0.29, 0.717) is 12.2 Å². The molecule has 1 saturated carbocycles. The number of sulfonamides is 1. The van der Waals surface area contributed by atoms with Gasteiger partial charge in [0.25, 0.3) is 0 Å². The lowest BCUT2D eigenvalue weighted by molar-refractivity contribution is -0.138. The van der Waals surface area contributed by atoms with E-state index < -0.39 is 21.9 Å². The summed E-state index contributed by atoms with van der Waals surface area (Å²) < 4.78 is 33.0. The van der Waals surface area contributed by atoms with Crippen LogP contribution in [0.4, 0.5) is 0 Å². The lowest BCUT2D eigenvalue weighted by Crippen LogP contribution is -2.27. The number of nitrogens with one attached hydrogen (secondary N) is 1. The molecule has 2 N–H and O–H groups in total. The molecule has 6 nitrogen and oxygen atoms in total. The average Bonchev–Trinajstić information content (AvgIpc) is 3.18. The molecular formula is C15H21NO5S. The summed E-state index contributed by atoms with van der Waals surface area (Å²) in [6.07, 6.45) is 0.373. The van der Waals surface area contributed by atoms with Crippen LogP contribution in [0, 0.1) is 18.8 Å². The monoisotopic (exact) mass is 327 g/mol. The SMILES string of the molecule is Cc1ccc(OC(C)C)c(S(=O)(=O)NC[C@@H]2C[C@@H]2C(=O)O)c1. The molecule has 0 saturated heterocycles. The van der Waals surface area contributed by atoms with Gasteiger partial charge in [0.15, 0.2) is 0 Å². The fraction of sp³-hybridized carbons (Fsp3) is 0.533. The number of aryl methyl sites for hydroxylation is 1. The summed E-state index contributed by atoms with van der Waals surface area (Å²) in [5, 5.41) is 8.85. The van der Waals surface area contributed by atoms with Crippen molar-refractivity contribution in [1.29, 1.82) is 0 Å². The van der Waals surface area contributed by atoms with E-state index in [0.717, 1.165) is 5.56 Å². The summed E-state index contributed by atoms with van der Waals surface area (Å²) in [4.78, 5) is 10.9. The van der Waals surface area contributed by atoms with Crippen molar-refractivity contribution in [2.45, 2.75) is 38.2 Å². The Morgan fingerprint density at radius 1 is 1.45 bits per heavy atom. The largest absolute Gasteiger partial charge is 0.490 e. The van der Waals surface area contributed by atoms with Gasteiger partial charge >= 0.3 is 5.97 Å². The van der Waals surface area contributed by atoms with Crippen molar-refractivity contribution in [2.75, 3.05) is 6.54 Å². The number of carboxylic acids is 1. The van der Waals surface area contributed by atoms with Crippen LogP contribution in [0.25, 0.3) is 0 Å². The second kappa shape index (κ2) is 6.26. The molecule has 22 heavy (non-hydrogen) atoms. The highest BCUT2D eigenvalue weighted by Crippen LogP contribution is 2.38. The predicted octanol–water partition coefficient (Wildman–Crippen LogP) is 1.78. The first-order chi connectivity index (χ1) is 10.2. The predicted molar refractivity (Wildman–Crippen MR) is 81.4 cm³/mol. The van der Waals surface area contributed by atoms with Gasteiger partial charge in [0.05, 0.1) is 12.0 Å². The van der Waals surface area contributed by atoms with Crippen LogP contribution in [0.2, 0.25) is 0 Å². The van der Waals surface area contributed by atoms with Gasteiger partial charge in [-0.05, 0) is 50.8 Å². The molecule has 0 aliphatic heterocycles. The van der Waals surface area contributed by atoms with Crippen molar-refractivity contribution in [3.05, 3.63) is 23.8 Å². The second-order valence-electron chi connectivity index (χ2n) is 5.91. The molecule has 1 aromatic carbocycles. The van der Waals surface area contributed by atoms with Gasteiger partial charge in [0, 0.05) is 6.54 Å². The van der Waals surface area contributed by atoms with Gasteiger partial charge in [0.2, 0.25) is 10.0 Å². The van der Waals surface area contributed by atoms with E-state index in [4.69, 9.17) is 9.84 Å². The summed E-state index contributed by atoms with van der Waals surface area (Å²) in [7, 11) is -3.73. The molecule has 1 aliphatic carbocycles. The number of hydrogen-bond acceptors (Lipinski definition) is 4. The zero-order valence-electron chi connectivity index (χ0n) is 12.9. The van der Waals surface area contributed by atoms with Crippen LogP contribution >= 0.6 is 0 Å². The van der Waals surface area contributed by atoms with Gasteiger partial charge in [-0.2, -0.15) is 0 Å². The molecule has 0 spiro atoms. The molecule has 1 fully saturated rings. The Hall–Kier alpha value is -1.60. The van der Waals surface area contributed by atoms with Crippen LogP contribution < -0.4 is 9.46 Å². The number of carboxylic acid groups (broad SMARTS) is 1. The van der Waals surface area contributed by atoms with Gasteiger partial charge < -0.3 is 9.84 Å². The lowest BCUT2D eigenvalue weighted by atomic mass is 10.2. The number of aliphatic carboxylic acids is 1. The number of benzene rings is 1. The van der Waals surface area contributed by atoms with Gasteiger partial charge in [-0.25, -0.2) is 13.1 Å². The molecule has 2 rings (SSSR count). The van der Waals surface area contributed by atoms with E-state index in [1.54, 1.807) is 25.1 Å². The summed E-state index contributed by atoms with van der Waals surface area (Å²) in [5.74, 6) is -1.14. The van der Waals surface area contributed by atoms with Gasteiger partial charge in [-0.1, -0.05) is 6.07 Å². The summed E-state index contributed by atoms with van der Waals surface area (Å²) >= 11 is 0. The zero-order chi connectivity index (χ0) is 16.5. The van der Waals surface area contributed by atoms with E-state index in [9.17, 15) is 13.2 Å². The number of rotatable bonds is 7. The topological polar surface area (TPSA) is 92.7 Å². The van der Waals surface area contributed by atoms with Crippen LogP contribution in [0.5, 0.6) is 5.75 Å². The Morgan fingerprint density at radius 2 is 2.14 bits per heavy atom. The summed E-state index contributed by atoms with van der Waals surface area (Å²) in [5.41, 5.74) is 0.811. The van der Waals surface area contributed by atoms with E-state index in [-0.39, 0.29) is 23.5 Å². The van der Waals surface area contributed by atoms with E-state index in [1.807, 2.05) is 13.8 Å². The zero-order valence-corrected chi connectivity index (χ0v) is 13.7. The minimum atomic E-state index is -3.73. The first kappa shape index (κ1) is 16.8. The van der Waals surface area contributed by atoms with Gasteiger partial charge in [-0.15, -0.1) is 0 Å². The van der Waals surface area contributed by atoms with Crippen molar-refractivity contribution in [2.24, 2.45) is 11.8 Å². The molecule has 0 unspecified atom stereocenters. The van der Waals surface area contributed by atoms with E-state index in [1.165, 1.54) is 0 Å². The first-order valence-electron chi connectivity index (χ1n) is 7.20. The van der Waals surface area contributed by atoms with Crippen LogP contribution in [-0.2, 0) is 14.8 Å². The normalized spacial score (nSPS) is 20.9. The molecule has 2 atom stereocenters. The molecule has 0 heterocycles. The average molecular weight is 327 g/mol. The molecule has 1 aromatic rings. The van der Waals surface area contributed by atoms with Gasteiger partial charge in [0.1, 0.15) is 10.6 Å². The van der Waals surface area contributed by atoms with Crippen LogP contribution in [0.15, 0.2) is 23.1 Å². The van der Waals surface area contributed by atoms with Gasteiger partial charge in [-0.3, -0.25) is 4.79 Å². The van der Waals surface area contributed by atoms with Crippen molar-refractivity contribution >= 4 is 16.0 Å². The number of hydrogen-bond donors (Lipinski definition) is 2. The van der Waals surface area contributed by atoms with Crippen molar-refractivity contribution in [3.8, 4) is 5.75 Å². The minimum absolute atomic E-state index is 0.0914. The maximum Gasteiger partial charge on any atom is 0.306 e. The Balaban J connectivity index is 2.14. The third kappa shape index (κ3) is 3.98. The van der Waals surface area contributed by atoms with Crippen LogP contribution in [0.1, 0.15) is 25.8 Å². The maximum absolute atomic E-state index is 12.5. The molecule has 7 heteroatoms. The summed E-state index contributed by atoms with van der Waals surface area (Å²) in [6.45, 7) is 5.59. The molecule has 1 aliphatic rings. The molecule has 0 aromatic heterocycles. The highest BCUT2D eigenvalue weighted by molar-refractivity contribution is 7.89. The van der Waals surface area contributed by atoms with Crippen molar-refractivity contribution in [1.82, 2.24) is 4.72 Å². The minimum Gasteiger partial charge on any atom is -0.490 e. The van der Waals surface area contributed by atoms with Crippen LogP contribution in [-0.4, -0.2) is 32.1 Å². The quantitative estimate of drug-likeness (QED) is 0.796. The third-order valence-corrected chi connectivity index (χ3v) is 4.97. The van der Waals surface area contributed by atoms with E-state index >= 15 is 0 Å². The van der Waals surface area contributed by atoms with E-state index in [2.05, 4.69) is 4.72 Å². The maximum atomic E-state index is 12.5. The Bertz CT molecular complexity index is 669. The Labute approximate surface area is 130 Å². The highest BCUT2D eigenvalue weighted by Gasteiger charge is 2.43. The first-order valence-corrected chi connectivity index (χ1v) is 8.69. The standard InChI is InChI=1S/C15H21NO5S/c1-9(2)21-13-5-4-10(3)6-14(13)22(19,20)16-8-11-7-12(11)15(17)18/h4-6,9,11-12,16H,7-8H2,1-3H3,(H,17,18)/t11-,12-/m0/s1.